The number of hydrogen-bond donors (Lipinski definition) is 0. The predicted octanol–water partition coefficient (Wildman–Crippen LogP) is -1.56. The van der Waals surface area contributed by atoms with Crippen LogP contribution in [0.5, 0.6) is 0 Å². The van der Waals surface area contributed by atoms with Gasteiger partial charge in [0.1, 0.15) is 0 Å². The summed E-state index contributed by atoms with van der Waals surface area (Å²) in [6, 6.07) is 0. The molecule has 0 heterocycles. The topological polar surface area (TPSA) is 66.4 Å². The van der Waals surface area contributed by atoms with Crippen molar-refractivity contribution in [1.29, 1.82) is 0 Å². The van der Waals surface area contributed by atoms with Crippen molar-refractivity contribution in [1.82, 2.24) is 0 Å². The Morgan fingerprint density at radius 2 is 1.92 bits per heavy atom. The van der Waals surface area contributed by atoms with Crippen LogP contribution in [0.2, 0.25) is 0 Å². The molecule has 13 heavy (non-hydrogen) atoms. The van der Waals surface area contributed by atoms with E-state index in [9.17, 15) is 13.0 Å². The Kier molecular flexibility index (Phi) is 10.3. The van der Waals surface area contributed by atoms with Crippen molar-refractivity contribution in [2.75, 3.05) is 0 Å². The van der Waals surface area contributed by atoms with E-state index in [1.807, 2.05) is 0 Å². The fourth-order valence-electron chi connectivity index (χ4n) is 0.931. The Labute approximate surface area is 102 Å². The molecule has 0 radical (unpaired) electrons. The van der Waals surface area contributed by atoms with Crippen LogP contribution in [-0.2, 0) is 14.6 Å². The van der Waals surface area contributed by atoms with Crippen LogP contribution in [0, 0.1) is 0 Å². The summed E-state index contributed by atoms with van der Waals surface area (Å²) in [4.78, 5) is 0. The monoisotopic (exact) mass is 218 g/mol. The summed E-state index contributed by atoms with van der Waals surface area (Å²) in [5.41, 5.74) is 0. The second-order valence-corrected chi connectivity index (χ2v) is 3.82. The van der Waals surface area contributed by atoms with Crippen LogP contribution in [0.1, 0.15) is 39.5 Å². The minimum atomic E-state index is -4.51. The van der Waals surface area contributed by atoms with Crippen molar-refractivity contribution in [3.8, 4) is 0 Å². The van der Waals surface area contributed by atoms with Gasteiger partial charge in [-0.1, -0.05) is 26.2 Å². The van der Waals surface area contributed by atoms with Crippen LogP contribution in [0.25, 0.3) is 0 Å². The number of unbranched alkanes of at least 4 members (excludes halogenated alkanes) is 2. The zero-order valence-corrected chi connectivity index (χ0v) is 11.3. The molecule has 74 valence electrons. The van der Waals surface area contributed by atoms with E-state index in [2.05, 4.69) is 11.1 Å². The quantitative estimate of drug-likeness (QED) is 0.234. The van der Waals surface area contributed by atoms with E-state index in [-0.39, 0.29) is 29.6 Å². The first kappa shape index (κ1) is 16.3. The number of rotatable bonds is 6. The van der Waals surface area contributed by atoms with Gasteiger partial charge in [-0.05, 0) is 13.3 Å². The van der Waals surface area contributed by atoms with Gasteiger partial charge in [0, 0.05) is 0 Å². The maximum atomic E-state index is 10.1. The zero-order valence-electron chi connectivity index (χ0n) is 8.45. The Bertz CT molecular complexity index is 203. The normalized spacial score (nSPS) is 13.5. The maximum Gasteiger partial charge on any atom is 1.00 e. The average molecular weight is 218 g/mol. The van der Waals surface area contributed by atoms with Crippen LogP contribution >= 0.6 is 0 Å². The molecule has 0 aliphatic rings. The molecular formula is C7H15NaO4S. The van der Waals surface area contributed by atoms with E-state index in [1.165, 1.54) is 0 Å². The minimum Gasteiger partial charge on any atom is -0.726 e. The van der Waals surface area contributed by atoms with Crippen molar-refractivity contribution < 1.29 is 46.7 Å². The second-order valence-electron chi connectivity index (χ2n) is 2.81. The van der Waals surface area contributed by atoms with Gasteiger partial charge in [-0.25, -0.2) is 8.42 Å². The largest absolute Gasteiger partial charge is 1.00 e. The molecule has 0 unspecified atom stereocenters. The molecule has 0 fully saturated rings. The van der Waals surface area contributed by atoms with Gasteiger partial charge < -0.3 is 4.55 Å². The molecule has 0 aromatic rings. The van der Waals surface area contributed by atoms with Crippen molar-refractivity contribution in [2.24, 2.45) is 0 Å². The summed E-state index contributed by atoms with van der Waals surface area (Å²) in [6.07, 6.45) is 3.13. The maximum absolute atomic E-state index is 10.1. The first-order valence-electron chi connectivity index (χ1n) is 4.10. The third-order valence-electron chi connectivity index (χ3n) is 1.50. The summed E-state index contributed by atoms with van der Waals surface area (Å²) in [6.45, 7) is 3.64. The summed E-state index contributed by atoms with van der Waals surface area (Å²) >= 11 is 0. The van der Waals surface area contributed by atoms with Crippen LogP contribution in [0.3, 0.4) is 0 Å². The van der Waals surface area contributed by atoms with E-state index in [1.54, 1.807) is 6.92 Å². The Morgan fingerprint density at radius 3 is 2.31 bits per heavy atom. The predicted molar refractivity (Wildman–Crippen MR) is 44.4 cm³/mol. The Balaban J connectivity index is 0. The minimum absolute atomic E-state index is 0. The molecule has 0 aromatic carbocycles. The third-order valence-corrected chi connectivity index (χ3v) is 2.06. The summed E-state index contributed by atoms with van der Waals surface area (Å²) in [5, 5.41) is 0. The molecule has 0 saturated heterocycles. The Hall–Kier alpha value is 0.870. The molecule has 0 spiro atoms. The summed E-state index contributed by atoms with van der Waals surface area (Å²) in [7, 11) is -4.51. The van der Waals surface area contributed by atoms with Crippen LogP contribution < -0.4 is 29.6 Å². The molecular weight excluding hydrogens is 203 g/mol. The van der Waals surface area contributed by atoms with E-state index in [4.69, 9.17) is 0 Å². The van der Waals surface area contributed by atoms with Gasteiger partial charge in [0.15, 0.2) is 0 Å². The molecule has 1 atom stereocenters. The molecule has 6 heteroatoms. The van der Waals surface area contributed by atoms with Crippen molar-refractivity contribution >= 4 is 10.4 Å². The first-order chi connectivity index (χ1) is 5.45. The van der Waals surface area contributed by atoms with Crippen molar-refractivity contribution in [3.05, 3.63) is 0 Å². The van der Waals surface area contributed by atoms with Gasteiger partial charge in [-0.3, -0.25) is 4.18 Å². The summed E-state index contributed by atoms with van der Waals surface area (Å²) in [5.74, 6) is 0. The van der Waals surface area contributed by atoms with E-state index < -0.39 is 16.5 Å². The molecule has 0 amide bonds. The van der Waals surface area contributed by atoms with E-state index in [0.29, 0.717) is 6.42 Å². The zero-order chi connectivity index (χ0) is 9.61. The van der Waals surface area contributed by atoms with Gasteiger partial charge in [-0.15, -0.1) is 0 Å². The first-order valence-corrected chi connectivity index (χ1v) is 5.43. The fourth-order valence-corrected chi connectivity index (χ4v) is 1.43. The van der Waals surface area contributed by atoms with Gasteiger partial charge in [0.25, 0.3) is 0 Å². The van der Waals surface area contributed by atoms with Gasteiger partial charge in [0.2, 0.25) is 10.4 Å². The van der Waals surface area contributed by atoms with Crippen LogP contribution in [0.15, 0.2) is 0 Å². The fraction of sp³-hybridized carbons (Fsp3) is 1.00. The van der Waals surface area contributed by atoms with E-state index in [0.717, 1.165) is 19.3 Å². The van der Waals surface area contributed by atoms with Crippen LogP contribution in [-0.4, -0.2) is 19.1 Å². The molecule has 0 aliphatic carbocycles. The van der Waals surface area contributed by atoms with Gasteiger partial charge in [0.05, 0.1) is 6.10 Å². The van der Waals surface area contributed by atoms with Crippen molar-refractivity contribution in [3.63, 3.8) is 0 Å². The van der Waals surface area contributed by atoms with Crippen molar-refractivity contribution in [2.45, 2.75) is 45.6 Å². The average Bonchev–Trinajstić information content (AvgIpc) is 1.84. The third kappa shape index (κ3) is 12.9. The molecule has 0 saturated carbocycles. The molecule has 0 aliphatic heterocycles. The molecule has 0 bridgehead atoms. The molecule has 0 aromatic heterocycles. The number of hydrogen-bond acceptors (Lipinski definition) is 4. The second kappa shape index (κ2) is 8.20. The molecule has 0 N–H and O–H groups in total. The Morgan fingerprint density at radius 1 is 1.38 bits per heavy atom. The molecule has 4 nitrogen and oxygen atoms in total. The van der Waals surface area contributed by atoms with E-state index >= 15 is 0 Å². The van der Waals surface area contributed by atoms with Gasteiger partial charge >= 0.3 is 29.6 Å². The SMILES string of the molecule is CCCCC[C@@H](C)OS(=O)(=O)[O-].[Na+]. The van der Waals surface area contributed by atoms with Gasteiger partial charge in [-0.2, -0.15) is 0 Å². The summed E-state index contributed by atoms with van der Waals surface area (Å²) < 4.78 is 34.5. The standard InChI is InChI=1S/C7H16O4S.Na/c1-3-4-5-6-7(2)11-12(8,9)10;/h7H,3-6H2,1-2H3,(H,8,9,10);/q;+1/p-1/t7-;/m1./s1. The smallest absolute Gasteiger partial charge is 0.726 e. The molecule has 0 rings (SSSR count). The van der Waals surface area contributed by atoms with Crippen LogP contribution in [0.4, 0.5) is 0 Å².